The monoisotopic (exact) mass is 363 g/mol. The molecular weight excluding hydrogens is 342 g/mol. The average molecular weight is 363 g/mol. The van der Waals surface area contributed by atoms with Gasteiger partial charge >= 0.3 is 5.97 Å². The fourth-order valence-electron chi connectivity index (χ4n) is 2.39. The summed E-state index contributed by atoms with van der Waals surface area (Å²) in [7, 11) is -0.967. The Hall–Kier alpha value is -2.38. The molecule has 2 aromatic rings. The van der Waals surface area contributed by atoms with E-state index in [9.17, 15) is 13.2 Å². The number of carbonyl (C=O) groups excluding carboxylic acids is 1. The molecule has 0 aliphatic rings. The predicted octanol–water partition coefficient (Wildman–Crippen LogP) is 2.91. The van der Waals surface area contributed by atoms with Gasteiger partial charge in [-0.25, -0.2) is 17.9 Å². The van der Waals surface area contributed by atoms with Gasteiger partial charge in [-0.05, 0) is 42.3 Å². The van der Waals surface area contributed by atoms with Crippen molar-refractivity contribution in [2.45, 2.75) is 24.3 Å². The highest BCUT2D eigenvalue weighted by molar-refractivity contribution is 7.89. The molecular formula is C18H21NO5S. The van der Waals surface area contributed by atoms with Gasteiger partial charge in [0.25, 0.3) is 0 Å². The second-order valence-corrected chi connectivity index (χ2v) is 7.09. The van der Waals surface area contributed by atoms with E-state index in [2.05, 4.69) is 9.46 Å². The number of ether oxygens (including phenoxy) is 2. The Kier molecular flexibility index (Phi) is 6.17. The van der Waals surface area contributed by atoms with Crippen LogP contribution in [-0.4, -0.2) is 28.6 Å². The summed E-state index contributed by atoms with van der Waals surface area (Å²) in [5.41, 5.74) is 1.01. The van der Waals surface area contributed by atoms with E-state index in [0.29, 0.717) is 12.2 Å². The molecule has 0 radical (unpaired) electrons. The minimum absolute atomic E-state index is 0.0161. The zero-order valence-corrected chi connectivity index (χ0v) is 15.2. The second kappa shape index (κ2) is 8.13. The van der Waals surface area contributed by atoms with Gasteiger partial charge < -0.3 is 9.47 Å². The summed E-state index contributed by atoms with van der Waals surface area (Å²) in [6.45, 7) is 1.89. The molecule has 25 heavy (non-hydrogen) atoms. The Balaban J connectivity index is 2.27. The molecule has 0 aliphatic heterocycles. The van der Waals surface area contributed by atoms with Crippen LogP contribution in [0.4, 0.5) is 0 Å². The molecule has 0 fully saturated rings. The third-order valence-corrected chi connectivity index (χ3v) is 5.26. The molecule has 6 nitrogen and oxygen atoms in total. The van der Waals surface area contributed by atoms with Crippen molar-refractivity contribution < 1.29 is 22.7 Å². The Labute approximate surface area is 147 Å². The van der Waals surface area contributed by atoms with Crippen LogP contribution in [-0.2, 0) is 14.8 Å². The maximum Gasteiger partial charge on any atom is 0.337 e. The number of esters is 1. The van der Waals surface area contributed by atoms with Gasteiger partial charge in [0.05, 0.1) is 24.7 Å². The second-order valence-electron chi connectivity index (χ2n) is 5.37. The van der Waals surface area contributed by atoms with Gasteiger partial charge in [-0.1, -0.05) is 25.1 Å². The van der Waals surface area contributed by atoms with Crippen molar-refractivity contribution in [3.8, 4) is 5.75 Å². The molecule has 0 aliphatic carbocycles. The van der Waals surface area contributed by atoms with Gasteiger partial charge in [-0.2, -0.15) is 0 Å². The maximum atomic E-state index is 12.7. The highest BCUT2D eigenvalue weighted by atomic mass is 32.2. The van der Waals surface area contributed by atoms with Gasteiger partial charge in [0.15, 0.2) is 0 Å². The van der Waals surface area contributed by atoms with Crippen LogP contribution in [0.15, 0.2) is 53.4 Å². The standard InChI is InChI=1S/C18H21NO5S/c1-4-17(13-8-10-15(23-2)11-9-13)19-25(21,22)16-7-5-6-14(12-16)18(20)24-3/h5-12,17,19H,4H2,1-3H3. The summed E-state index contributed by atoms with van der Waals surface area (Å²) in [6, 6.07) is 12.6. The van der Waals surface area contributed by atoms with Gasteiger partial charge in [0, 0.05) is 6.04 Å². The van der Waals surface area contributed by atoms with Crippen molar-refractivity contribution in [3.05, 3.63) is 59.7 Å². The molecule has 0 aromatic heterocycles. The number of benzene rings is 2. The minimum Gasteiger partial charge on any atom is -0.497 e. The van der Waals surface area contributed by atoms with E-state index in [1.54, 1.807) is 19.2 Å². The van der Waals surface area contributed by atoms with Crippen LogP contribution in [0.3, 0.4) is 0 Å². The highest BCUT2D eigenvalue weighted by Crippen LogP contribution is 2.23. The predicted molar refractivity (Wildman–Crippen MR) is 94.1 cm³/mol. The highest BCUT2D eigenvalue weighted by Gasteiger charge is 2.21. The summed E-state index contributed by atoms with van der Waals surface area (Å²) in [5, 5.41) is 0. The number of methoxy groups -OCH3 is 2. The quantitative estimate of drug-likeness (QED) is 0.765. The summed E-state index contributed by atoms with van der Waals surface area (Å²) >= 11 is 0. The Morgan fingerprint density at radius 2 is 1.80 bits per heavy atom. The van der Waals surface area contributed by atoms with E-state index in [0.717, 1.165) is 5.56 Å². The lowest BCUT2D eigenvalue weighted by Crippen LogP contribution is -2.28. The third kappa shape index (κ3) is 4.58. The molecule has 0 saturated carbocycles. The van der Waals surface area contributed by atoms with Crippen LogP contribution in [0.2, 0.25) is 0 Å². The lowest BCUT2D eigenvalue weighted by molar-refractivity contribution is 0.0600. The smallest absolute Gasteiger partial charge is 0.337 e. The summed E-state index contributed by atoms with van der Waals surface area (Å²) < 4.78 is 37.8. The van der Waals surface area contributed by atoms with Crippen molar-refractivity contribution in [3.63, 3.8) is 0 Å². The van der Waals surface area contributed by atoms with Crippen LogP contribution in [0.25, 0.3) is 0 Å². The van der Waals surface area contributed by atoms with Crippen molar-refractivity contribution in [2.75, 3.05) is 14.2 Å². The molecule has 0 heterocycles. The maximum absolute atomic E-state index is 12.7. The molecule has 0 bridgehead atoms. The number of carbonyl (C=O) groups is 1. The Morgan fingerprint density at radius 1 is 1.12 bits per heavy atom. The molecule has 2 rings (SSSR count). The SMILES string of the molecule is CCC(NS(=O)(=O)c1cccc(C(=O)OC)c1)c1ccc(OC)cc1. The fourth-order valence-corrected chi connectivity index (χ4v) is 3.74. The first-order valence-corrected chi connectivity index (χ1v) is 9.24. The molecule has 1 atom stereocenters. The number of rotatable bonds is 7. The first kappa shape index (κ1) is 19.0. The molecule has 0 amide bonds. The number of sulfonamides is 1. The van der Waals surface area contributed by atoms with Gasteiger partial charge in [-0.15, -0.1) is 0 Å². The molecule has 1 unspecified atom stereocenters. The molecule has 0 saturated heterocycles. The number of hydrogen-bond donors (Lipinski definition) is 1. The van der Waals surface area contributed by atoms with E-state index in [1.807, 2.05) is 19.1 Å². The summed E-state index contributed by atoms with van der Waals surface area (Å²) in [5.74, 6) is 0.117. The van der Waals surface area contributed by atoms with Crippen molar-refractivity contribution in [2.24, 2.45) is 0 Å². The van der Waals surface area contributed by atoms with Gasteiger partial charge in [-0.3, -0.25) is 0 Å². The summed E-state index contributed by atoms with van der Waals surface area (Å²) in [4.78, 5) is 11.6. The van der Waals surface area contributed by atoms with Gasteiger partial charge in [0.1, 0.15) is 5.75 Å². The topological polar surface area (TPSA) is 81.7 Å². The van der Waals surface area contributed by atoms with Crippen LogP contribution >= 0.6 is 0 Å². The first-order chi connectivity index (χ1) is 11.9. The minimum atomic E-state index is -3.79. The summed E-state index contributed by atoms with van der Waals surface area (Å²) in [6.07, 6.45) is 0.572. The van der Waals surface area contributed by atoms with Crippen molar-refractivity contribution >= 4 is 16.0 Å². The van der Waals surface area contributed by atoms with E-state index >= 15 is 0 Å². The zero-order valence-electron chi connectivity index (χ0n) is 14.4. The van der Waals surface area contributed by atoms with E-state index in [4.69, 9.17) is 4.74 Å². The fraction of sp³-hybridized carbons (Fsp3) is 0.278. The Bertz CT molecular complexity index is 831. The third-order valence-electron chi connectivity index (χ3n) is 3.79. The van der Waals surface area contributed by atoms with E-state index in [-0.39, 0.29) is 10.5 Å². The van der Waals surface area contributed by atoms with Crippen molar-refractivity contribution in [1.29, 1.82) is 0 Å². The number of hydrogen-bond acceptors (Lipinski definition) is 5. The molecule has 0 spiro atoms. The number of nitrogens with one attached hydrogen (secondary N) is 1. The van der Waals surface area contributed by atoms with E-state index < -0.39 is 22.0 Å². The van der Waals surface area contributed by atoms with Gasteiger partial charge in [0.2, 0.25) is 10.0 Å². The zero-order chi connectivity index (χ0) is 18.4. The molecule has 1 N–H and O–H groups in total. The normalized spacial score (nSPS) is 12.4. The lowest BCUT2D eigenvalue weighted by atomic mass is 10.1. The Morgan fingerprint density at radius 3 is 2.36 bits per heavy atom. The van der Waals surface area contributed by atoms with Crippen LogP contribution in [0.1, 0.15) is 35.3 Å². The lowest BCUT2D eigenvalue weighted by Gasteiger charge is -2.18. The van der Waals surface area contributed by atoms with Crippen LogP contribution < -0.4 is 9.46 Å². The van der Waals surface area contributed by atoms with Crippen LogP contribution in [0, 0.1) is 0 Å². The average Bonchev–Trinajstić information content (AvgIpc) is 2.65. The molecule has 7 heteroatoms. The molecule has 2 aromatic carbocycles. The molecule has 134 valence electrons. The largest absolute Gasteiger partial charge is 0.497 e. The van der Waals surface area contributed by atoms with Crippen molar-refractivity contribution in [1.82, 2.24) is 4.72 Å². The van der Waals surface area contributed by atoms with E-state index in [1.165, 1.54) is 31.4 Å². The van der Waals surface area contributed by atoms with Crippen LogP contribution in [0.5, 0.6) is 5.75 Å². The first-order valence-electron chi connectivity index (χ1n) is 7.76.